The van der Waals surface area contributed by atoms with Gasteiger partial charge in [0.15, 0.2) is 28.1 Å². The van der Waals surface area contributed by atoms with Gasteiger partial charge in [-0.3, -0.25) is 4.79 Å². The fraction of sp³-hybridized carbons (Fsp3) is 0.200. The van der Waals surface area contributed by atoms with Crippen LogP contribution in [-0.2, 0) is 29.2 Å². The number of alkyl halides is 3. The largest absolute Gasteiger partial charge is 0.741 e. The zero-order valence-corrected chi connectivity index (χ0v) is 21.9. The first-order valence-corrected chi connectivity index (χ1v) is 12.2. The lowest BCUT2D eigenvalue weighted by atomic mass is 9.96. The molecule has 2 aromatic carbocycles. The maximum atomic E-state index is 13.6. The average molecular weight is 569 g/mol. The van der Waals surface area contributed by atoms with Gasteiger partial charge in [-0.2, -0.15) is 17.7 Å². The van der Waals surface area contributed by atoms with Crippen molar-refractivity contribution in [2.24, 2.45) is 0 Å². The third-order valence-corrected chi connectivity index (χ3v) is 5.70. The summed E-state index contributed by atoms with van der Waals surface area (Å²) in [4.78, 5) is 40.9. The number of ketones is 1. The van der Waals surface area contributed by atoms with Gasteiger partial charge in [0.25, 0.3) is 0 Å². The first-order chi connectivity index (χ1) is 18.1. The lowest BCUT2D eigenvalue weighted by Gasteiger charge is -2.12. The van der Waals surface area contributed by atoms with E-state index in [2.05, 4.69) is 0 Å². The summed E-state index contributed by atoms with van der Waals surface area (Å²) in [5.41, 5.74) is -5.12. The van der Waals surface area contributed by atoms with E-state index < -0.39 is 38.9 Å². The van der Waals surface area contributed by atoms with Gasteiger partial charge >= 0.3 is 23.1 Å². The number of Topliss-reactive ketones (excluding diaryl/α,β-unsaturated/α-hetero) is 1. The first kappa shape index (κ1) is 30.9. The number of carbonyl (C=O) groups is 3. The van der Waals surface area contributed by atoms with E-state index in [1.807, 2.05) is 37.2 Å². The molecule has 0 aliphatic carbocycles. The maximum Gasteiger partial charge on any atom is 0.485 e. The van der Waals surface area contributed by atoms with E-state index in [-0.39, 0.29) is 11.3 Å². The van der Waals surface area contributed by atoms with Crippen molar-refractivity contribution in [3.8, 4) is 0 Å². The first-order valence-electron chi connectivity index (χ1n) is 10.8. The lowest BCUT2D eigenvalue weighted by molar-refractivity contribution is -0.578. The molecule has 0 atom stereocenters. The van der Waals surface area contributed by atoms with Crippen molar-refractivity contribution in [2.45, 2.75) is 5.51 Å². The van der Waals surface area contributed by atoms with Crippen molar-refractivity contribution in [1.82, 2.24) is 0 Å². The van der Waals surface area contributed by atoms with Crippen LogP contribution in [0.1, 0.15) is 10.4 Å². The molecule has 0 fully saturated rings. The number of carbonyl (C=O) groups excluding carboxylic acids is 3. The molecule has 10 nitrogen and oxygen atoms in total. The smallest absolute Gasteiger partial charge is 0.485 e. The highest BCUT2D eigenvalue weighted by Gasteiger charge is 2.38. The number of benzene rings is 2. The predicted molar refractivity (Wildman–Crippen MR) is 132 cm³/mol. The second kappa shape index (κ2) is 12.5. The fourth-order valence-corrected chi connectivity index (χ4v) is 3.26. The molecule has 14 heteroatoms. The number of methoxy groups -OCH3 is 2. The second-order valence-electron chi connectivity index (χ2n) is 7.82. The normalized spacial score (nSPS) is 12.0. The number of anilines is 1. The molecule has 1 heterocycles. The third kappa shape index (κ3) is 7.39. The second-order valence-corrected chi connectivity index (χ2v) is 9.19. The molecule has 3 rings (SSSR count). The summed E-state index contributed by atoms with van der Waals surface area (Å²) in [5.74, 6) is -2.40. The SMILES string of the molecule is COC(=O)/C(C(=O)c1cccc2ccccc12)=C(\C(=O)OC)[n+]1ccc(N(C)C)cc1.O=S(=O)([O-])C(F)(F)F. The maximum absolute atomic E-state index is 13.6. The third-order valence-electron chi connectivity index (χ3n) is 5.14. The van der Waals surface area contributed by atoms with Crippen LogP contribution in [0.25, 0.3) is 16.5 Å². The molecule has 0 aliphatic rings. The van der Waals surface area contributed by atoms with Crippen LogP contribution < -0.4 is 9.47 Å². The van der Waals surface area contributed by atoms with Crippen molar-refractivity contribution < 1.29 is 54.6 Å². The minimum atomic E-state index is -6.09. The Labute approximate surface area is 221 Å². The highest BCUT2D eigenvalue weighted by atomic mass is 32.2. The summed E-state index contributed by atoms with van der Waals surface area (Å²) >= 11 is 0. The minimum absolute atomic E-state index is 0.224. The quantitative estimate of drug-likeness (QED) is 0.0643. The van der Waals surface area contributed by atoms with E-state index in [0.717, 1.165) is 18.2 Å². The van der Waals surface area contributed by atoms with Crippen molar-refractivity contribution in [3.05, 3.63) is 78.1 Å². The molecule has 0 saturated heterocycles. The summed E-state index contributed by atoms with van der Waals surface area (Å²) in [6.07, 6.45) is 3.17. The van der Waals surface area contributed by atoms with Crippen LogP contribution in [0.5, 0.6) is 0 Å². The Morgan fingerprint density at radius 1 is 0.872 bits per heavy atom. The van der Waals surface area contributed by atoms with Crippen LogP contribution in [0.3, 0.4) is 0 Å². The molecule has 1 aromatic heterocycles. The van der Waals surface area contributed by atoms with Crippen LogP contribution in [0, 0.1) is 0 Å². The molecule has 0 bridgehead atoms. The molecular weight excluding hydrogens is 545 g/mol. The molecule has 0 amide bonds. The Bertz CT molecular complexity index is 1510. The Hall–Kier alpha value is -4.30. The van der Waals surface area contributed by atoms with Gasteiger partial charge in [0, 0.05) is 37.5 Å². The van der Waals surface area contributed by atoms with Crippen LogP contribution >= 0.6 is 0 Å². The molecule has 39 heavy (non-hydrogen) atoms. The van der Waals surface area contributed by atoms with E-state index in [1.165, 1.54) is 11.7 Å². The summed E-state index contributed by atoms with van der Waals surface area (Å²) in [5, 5.41) is 1.49. The molecule has 0 unspecified atom stereocenters. The molecule has 208 valence electrons. The molecule has 3 aromatic rings. The van der Waals surface area contributed by atoms with Gasteiger partial charge in [0.1, 0.15) is 0 Å². The number of hydrogen-bond donors (Lipinski definition) is 0. The number of esters is 2. The molecule has 0 spiro atoms. The number of pyridine rings is 1. The van der Waals surface area contributed by atoms with Crippen LogP contribution in [0.4, 0.5) is 18.9 Å². The molecule has 0 aliphatic heterocycles. The number of hydrogen-bond acceptors (Lipinski definition) is 9. The predicted octanol–water partition coefficient (Wildman–Crippen LogP) is 2.68. The number of ether oxygens (including phenoxy) is 2. The number of fused-ring (bicyclic) bond motifs is 1. The summed E-state index contributed by atoms with van der Waals surface area (Å²) in [6, 6.07) is 16.0. The Kier molecular flexibility index (Phi) is 9.91. The van der Waals surface area contributed by atoms with Crippen LogP contribution in [0.2, 0.25) is 0 Å². The van der Waals surface area contributed by atoms with E-state index >= 15 is 0 Å². The zero-order chi connectivity index (χ0) is 29.5. The highest BCUT2D eigenvalue weighted by Crippen LogP contribution is 2.24. The fourth-order valence-electron chi connectivity index (χ4n) is 3.26. The Morgan fingerprint density at radius 3 is 1.87 bits per heavy atom. The Balaban J connectivity index is 0.000000580. The van der Waals surface area contributed by atoms with E-state index in [1.54, 1.807) is 48.8 Å². The Morgan fingerprint density at radius 2 is 1.38 bits per heavy atom. The van der Waals surface area contributed by atoms with Crippen molar-refractivity contribution >= 4 is 50.0 Å². The molecule has 0 N–H and O–H groups in total. The number of aromatic nitrogens is 1. The standard InChI is InChI=1S/C24H23N2O5.CHF3O3S/c1-25(2)17-12-14-26(15-13-17)21(24(29)31-4)20(23(28)30-3)22(27)19-11-7-9-16-8-5-6-10-18(16)19;2-1(3,4)8(5,6)7/h5-15H,1-4H3;(H,5,6,7)/q+1;/p-1/b21-20+;. The van der Waals surface area contributed by atoms with Gasteiger partial charge in [0.05, 0.1) is 14.2 Å². The van der Waals surface area contributed by atoms with Crippen molar-refractivity contribution in [1.29, 1.82) is 0 Å². The summed E-state index contributed by atoms with van der Waals surface area (Å²) in [6.45, 7) is 0. The summed E-state index contributed by atoms with van der Waals surface area (Å²) < 4.78 is 70.1. The molecular formula is C25H23F3N2O8S. The van der Waals surface area contributed by atoms with Gasteiger partial charge < -0.3 is 18.9 Å². The number of rotatable bonds is 6. The highest BCUT2D eigenvalue weighted by molar-refractivity contribution is 7.86. The van der Waals surface area contributed by atoms with Gasteiger partial charge in [-0.15, -0.1) is 0 Å². The van der Waals surface area contributed by atoms with Gasteiger partial charge in [-0.05, 0) is 10.8 Å². The minimum Gasteiger partial charge on any atom is -0.741 e. The number of halogens is 3. The monoisotopic (exact) mass is 568 g/mol. The number of nitrogens with zero attached hydrogens (tertiary/aromatic N) is 2. The lowest BCUT2D eigenvalue weighted by Crippen LogP contribution is -2.40. The molecule has 0 radical (unpaired) electrons. The van der Waals surface area contributed by atoms with Crippen molar-refractivity contribution in [2.75, 3.05) is 33.2 Å². The van der Waals surface area contributed by atoms with Crippen LogP contribution in [-0.4, -0.2) is 64.5 Å². The van der Waals surface area contributed by atoms with E-state index in [4.69, 9.17) is 22.4 Å². The van der Waals surface area contributed by atoms with E-state index in [0.29, 0.717) is 5.39 Å². The zero-order valence-electron chi connectivity index (χ0n) is 21.1. The van der Waals surface area contributed by atoms with Gasteiger partial charge in [0.2, 0.25) is 5.78 Å². The molecule has 0 saturated carbocycles. The average Bonchev–Trinajstić information content (AvgIpc) is 2.89. The topological polar surface area (TPSA) is 134 Å². The van der Waals surface area contributed by atoms with Crippen LogP contribution in [0.15, 0.2) is 72.6 Å². The van der Waals surface area contributed by atoms with E-state index in [9.17, 15) is 27.6 Å². The summed E-state index contributed by atoms with van der Waals surface area (Å²) in [7, 11) is 0.0100. The van der Waals surface area contributed by atoms with Gasteiger partial charge in [-0.25, -0.2) is 18.0 Å². The van der Waals surface area contributed by atoms with Crippen molar-refractivity contribution in [3.63, 3.8) is 0 Å². The van der Waals surface area contributed by atoms with Gasteiger partial charge in [-0.1, -0.05) is 42.5 Å².